The van der Waals surface area contributed by atoms with E-state index in [1.54, 1.807) is 11.1 Å². The molecule has 2 N–H and O–H groups in total. The van der Waals surface area contributed by atoms with Gasteiger partial charge in [0.2, 0.25) is 5.91 Å². The van der Waals surface area contributed by atoms with Crippen molar-refractivity contribution in [1.82, 2.24) is 19.4 Å². The second kappa shape index (κ2) is 8.58. The summed E-state index contributed by atoms with van der Waals surface area (Å²) < 4.78 is 9.30. The minimum Gasteiger partial charge on any atom is -0.447 e. The van der Waals surface area contributed by atoms with E-state index < -0.39 is 11.6 Å². The lowest BCUT2D eigenvalue weighted by atomic mass is 9.85. The van der Waals surface area contributed by atoms with Crippen LogP contribution in [0.15, 0.2) is 67.1 Å². The number of benzene rings is 2. The number of aliphatic hydroxyl groups is 1. The molecule has 5 heterocycles. The first-order valence-electron chi connectivity index (χ1n) is 12.7. The van der Waals surface area contributed by atoms with E-state index in [0.29, 0.717) is 18.8 Å². The molecule has 10 heteroatoms. The molecular weight excluding hydrogens is 496 g/mol. The standard InChI is InChI=1S/C29H24N6O4/c1-30-22-4-2-18(3-5-22)19-11-25-27-31-8-9-34(27)24-7-6-23(10-20(24)14-33(25)13-19)35-15-21(12-26(35)37)29(16-36)17-39-28(38)32-29/h2-11,13,21,36H,12,14-17H2,(H,32,38). The summed E-state index contributed by atoms with van der Waals surface area (Å²) in [6.45, 7) is 7.91. The Labute approximate surface area is 223 Å². The highest BCUT2D eigenvalue weighted by Gasteiger charge is 2.50. The number of imidazole rings is 1. The molecule has 0 bridgehead atoms. The summed E-state index contributed by atoms with van der Waals surface area (Å²) in [4.78, 5) is 34.7. The maximum atomic E-state index is 13.1. The van der Waals surface area contributed by atoms with Gasteiger partial charge in [0.1, 0.15) is 12.1 Å². The molecule has 3 aliphatic rings. The first-order chi connectivity index (χ1) is 19.0. The largest absolute Gasteiger partial charge is 0.447 e. The monoisotopic (exact) mass is 520 g/mol. The van der Waals surface area contributed by atoms with Crippen LogP contribution < -0.4 is 10.2 Å². The van der Waals surface area contributed by atoms with E-state index in [1.165, 1.54) is 0 Å². The van der Waals surface area contributed by atoms with E-state index >= 15 is 0 Å². The van der Waals surface area contributed by atoms with Gasteiger partial charge in [0.05, 0.1) is 24.6 Å². The Bertz CT molecular complexity index is 1680. The van der Waals surface area contributed by atoms with Crippen molar-refractivity contribution in [3.63, 3.8) is 0 Å². The van der Waals surface area contributed by atoms with Crippen LogP contribution >= 0.6 is 0 Å². The molecule has 39 heavy (non-hydrogen) atoms. The van der Waals surface area contributed by atoms with Gasteiger partial charge in [-0.25, -0.2) is 14.6 Å². The van der Waals surface area contributed by atoms with Crippen molar-refractivity contribution >= 4 is 23.4 Å². The smallest absolute Gasteiger partial charge is 0.407 e. The van der Waals surface area contributed by atoms with Crippen LogP contribution in [0.25, 0.3) is 33.2 Å². The number of aliphatic hydroxyl groups excluding tert-OH is 1. The summed E-state index contributed by atoms with van der Waals surface area (Å²) in [5, 5.41) is 12.8. The van der Waals surface area contributed by atoms with Crippen molar-refractivity contribution in [1.29, 1.82) is 0 Å². The Hall–Kier alpha value is -4.88. The molecule has 3 aliphatic heterocycles. The fraction of sp³-hybridized carbons (Fsp3) is 0.241. The molecule has 0 radical (unpaired) electrons. The lowest BCUT2D eigenvalue weighted by Crippen LogP contribution is -2.54. The topological polar surface area (TPSA) is 106 Å². The van der Waals surface area contributed by atoms with E-state index in [0.717, 1.165) is 39.6 Å². The highest BCUT2D eigenvalue weighted by atomic mass is 16.6. The van der Waals surface area contributed by atoms with E-state index in [9.17, 15) is 14.7 Å². The zero-order valence-electron chi connectivity index (χ0n) is 20.9. The van der Waals surface area contributed by atoms with Crippen molar-refractivity contribution in [3.8, 4) is 28.3 Å². The number of amides is 2. The van der Waals surface area contributed by atoms with Gasteiger partial charge in [0, 0.05) is 55.3 Å². The molecule has 7 rings (SSSR count). The third-order valence-electron chi connectivity index (χ3n) is 8.07. The van der Waals surface area contributed by atoms with Crippen LogP contribution in [-0.4, -0.2) is 56.5 Å². The number of nitrogens with zero attached hydrogens (tertiary/aromatic N) is 5. The maximum absolute atomic E-state index is 13.1. The summed E-state index contributed by atoms with van der Waals surface area (Å²) >= 11 is 0. The maximum Gasteiger partial charge on any atom is 0.407 e. The van der Waals surface area contributed by atoms with Gasteiger partial charge in [-0.2, -0.15) is 0 Å². The van der Waals surface area contributed by atoms with Gasteiger partial charge in [-0.05, 0) is 35.4 Å². The van der Waals surface area contributed by atoms with Gasteiger partial charge in [-0.3, -0.25) is 9.36 Å². The molecule has 194 valence electrons. The van der Waals surface area contributed by atoms with Crippen LogP contribution in [-0.2, 0) is 16.1 Å². The van der Waals surface area contributed by atoms with Crippen molar-refractivity contribution in [3.05, 3.63) is 84.1 Å². The third kappa shape index (κ3) is 3.62. The minimum atomic E-state index is -0.956. The van der Waals surface area contributed by atoms with Gasteiger partial charge in [0.15, 0.2) is 11.5 Å². The second-order valence-corrected chi connectivity index (χ2v) is 10.3. The highest BCUT2D eigenvalue weighted by molar-refractivity contribution is 5.96. The minimum absolute atomic E-state index is 0.0427. The number of hydrogen-bond acceptors (Lipinski definition) is 5. The van der Waals surface area contributed by atoms with Crippen molar-refractivity contribution < 1.29 is 19.4 Å². The van der Waals surface area contributed by atoms with Crippen LogP contribution in [0.3, 0.4) is 0 Å². The number of fused-ring (bicyclic) bond motifs is 5. The van der Waals surface area contributed by atoms with Gasteiger partial charge in [0.25, 0.3) is 0 Å². The number of aromatic nitrogens is 3. The molecule has 2 aromatic carbocycles. The van der Waals surface area contributed by atoms with Gasteiger partial charge >= 0.3 is 6.09 Å². The molecule has 2 amide bonds. The Balaban J connectivity index is 1.24. The van der Waals surface area contributed by atoms with Crippen LogP contribution in [0.5, 0.6) is 0 Å². The number of hydrogen-bond donors (Lipinski definition) is 2. The van der Waals surface area contributed by atoms with E-state index in [1.807, 2.05) is 48.7 Å². The molecule has 2 aromatic heterocycles. The average molecular weight is 521 g/mol. The summed E-state index contributed by atoms with van der Waals surface area (Å²) in [6.07, 6.45) is 5.45. The highest BCUT2D eigenvalue weighted by Crippen LogP contribution is 2.38. The summed E-state index contributed by atoms with van der Waals surface area (Å²) in [7, 11) is 0. The lowest BCUT2D eigenvalue weighted by Gasteiger charge is -2.30. The number of carbonyl (C=O) groups excluding carboxylic acids is 2. The number of alkyl carbamates (subject to hydrolysis) is 1. The molecular formula is C29H24N6O4. The molecule has 2 saturated heterocycles. The van der Waals surface area contributed by atoms with Crippen molar-refractivity contribution in [2.75, 3.05) is 24.7 Å². The number of cyclic esters (lactones) is 1. The second-order valence-electron chi connectivity index (χ2n) is 10.3. The first kappa shape index (κ1) is 23.3. The number of carbonyl (C=O) groups is 2. The van der Waals surface area contributed by atoms with E-state index in [2.05, 4.69) is 36.5 Å². The Morgan fingerprint density at radius 2 is 2.00 bits per heavy atom. The molecule has 2 atom stereocenters. The quantitative estimate of drug-likeness (QED) is 0.351. The van der Waals surface area contributed by atoms with Crippen LogP contribution in [0.4, 0.5) is 16.2 Å². The zero-order chi connectivity index (χ0) is 26.7. The fourth-order valence-corrected chi connectivity index (χ4v) is 5.92. The number of nitrogens with one attached hydrogen (secondary N) is 1. The first-order valence-corrected chi connectivity index (χ1v) is 12.7. The predicted octanol–water partition coefficient (Wildman–Crippen LogP) is 3.74. The lowest BCUT2D eigenvalue weighted by molar-refractivity contribution is -0.117. The Morgan fingerprint density at radius 1 is 1.15 bits per heavy atom. The molecule has 0 spiro atoms. The SMILES string of the molecule is [C-]#[N+]c1ccc(-c2cc3n(c2)Cc2cc(N4CC(C5(CO)COC(=O)N5)CC4=O)ccc2-n2ccnc2-3)cc1. The summed E-state index contributed by atoms with van der Waals surface area (Å²) in [5.74, 6) is 0.496. The molecule has 2 unspecified atom stereocenters. The van der Waals surface area contributed by atoms with Gasteiger partial charge in [-0.1, -0.05) is 24.3 Å². The molecule has 0 saturated carbocycles. The van der Waals surface area contributed by atoms with Gasteiger partial charge in [-0.15, -0.1) is 0 Å². The van der Waals surface area contributed by atoms with Crippen LogP contribution in [0.2, 0.25) is 0 Å². The Morgan fingerprint density at radius 3 is 2.74 bits per heavy atom. The number of ether oxygens (including phenoxy) is 1. The zero-order valence-corrected chi connectivity index (χ0v) is 20.9. The molecule has 4 aromatic rings. The molecule has 10 nitrogen and oxygen atoms in total. The summed E-state index contributed by atoms with van der Waals surface area (Å²) in [6, 6.07) is 15.6. The van der Waals surface area contributed by atoms with Gasteiger partial charge < -0.3 is 24.6 Å². The fourth-order valence-electron chi connectivity index (χ4n) is 5.92. The number of anilines is 1. The van der Waals surface area contributed by atoms with Crippen LogP contribution in [0, 0.1) is 12.5 Å². The normalized spacial score (nSPS) is 21.4. The molecule has 2 fully saturated rings. The predicted molar refractivity (Wildman–Crippen MR) is 143 cm³/mol. The van der Waals surface area contributed by atoms with Crippen LogP contribution in [0.1, 0.15) is 12.0 Å². The summed E-state index contributed by atoms with van der Waals surface area (Å²) in [5.41, 5.74) is 5.46. The number of rotatable bonds is 4. The Kier molecular flexibility index (Phi) is 5.11. The molecule has 0 aliphatic carbocycles. The van der Waals surface area contributed by atoms with Crippen molar-refractivity contribution in [2.24, 2.45) is 5.92 Å². The third-order valence-corrected chi connectivity index (χ3v) is 8.07. The average Bonchev–Trinajstić information content (AvgIpc) is 3.74. The van der Waals surface area contributed by atoms with Crippen molar-refractivity contribution in [2.45, 2.75) is 18.5 Å². The van der Waals surface area contributed by atoms with E-state index in [4.69, 9.17) is 11.3 Å². The van der Waals surface area contributed by atoms with E-state index in [-0.39, 0.29) is 31.5 Å².